The first kappa shape index (κ1) is 8.51. The van der Waals surface area contributed by atoms with Crippen molar-refractivity contribution in [3.8, 4) is 0 Å². The lowest BCUT2D eigenvalue weighted by molar-refractivity contribution is 0.364. The fourth-order valence-corrected chi connectivity index (χ4v) is 1.54. The van der Waals surface area contributed by atoms with E-state index in [0.717, 1.165) is 12.0 Å². The number of aryl methyl sites for hydroxylation is 1. The normalized spacial score (nSPS) is 26.0. The van der Waals surface area contributed by atoms with E-state index in [9.17, 15) is 4.79 Å². The van der Waals surface area contributed by atoms with Crippen molar-refractivity contribution in [3.05, 3.63) is 33.9 Å². The van der Waals surface area contributed by atoms with Crippen LogP contribution in [-0.4, -0.2) is 6.10 Å². The largest absolute Gasteiger partial charge is 0.428 e. The molecule has 2 unspecified atom stereocenters. The van der Waals surface area contributed by atoms with E-state index in [-0.39, 0.29) is 11.7 Å². The topological polar surface area (TPSA) is 42.7 Å². The summed E-state index contributed by atoms with van der Waals surface area (Å²) in [6.45, 7) is 3.88. The summed E-state index contributed by atoms with van der Waals surface area (Å²) in [6, 6.07) is 3.23. The lowest BCUT2D eigenvalue weighted by Crippen LogP contribution is -2.00. The zero-order valence-electron chi connectivity index (χ0n) is 7.74. The Labute approximate surface area is 76.3 Å². The van der Waals surface area contributed by atoms with Crippen molar-refractivity contribution in [2.24, 2.45) is 0 Å². The standard InChI is InChI=1S/C10H12O3/c1-3-8-10(13-8)7-4-5-9(11)12-6(7)2/h4-5,8,10H,3H2,1-2H3. The molecule has 1 saturated heterocycles. The maximum Gasteiger partial charge on any atom is 0.335 e. The third-order valence-electron chi connectivity index (χ3n) is 2.35. The molecule has 2 atom stereocenters. The van der Waals surface area contributed by atoms with E-state index < -0.39 is 0 Å². The summed E-state index contributed by atoms with van der Waals surface area (Å²) in [5, 5.41) is 0. The molecule has 0 spiro atoms. The highest BCUT2D eigenvalue weighted by Gasteiger charge is 2.39. The van der Waals surface area contributed by atoms with Crippen molar-refractivity contribution in [1.82, 2.24) is 0 Å². The number of hydrogen-bond donors (Lipinski definition) is 0. The second-order valence-corrected chi connectivity index (χ2v) is 3.27. The van der Waals surface area contributed by atoms with Gasteiger partial charge < -0.3 is 9.15 Å². The fraction of sp³-hybridized carbons (Fsp3) is 0.500. The Morgan fingerprint density at radius 2 is 2.23 bits per heavy atom. The average Bonchev–Trinajstić information content (AvgIpc) is 2.83. The zero-order chi connectivity index (χ0) is 9.42. The predicted molar refractivity (Wildman–Crippen MR) is 47.6 cm³/mol. The third-order valence-corrected chi connectivity index (χ3v) is 2.35. The van der Waals surface area contributed by atoms with Gasteiger partial charge in [-0.1, -0.05) is 6.92 Å². The lowest BCUT2D eigenvalue weighted by atomic mass is 10.1. The van der Waals surface area contributed by atoms with E-state index in [1.165, 1.54) is 6.07 Å². The minimum Gasteiger partial charge on any atom is -0.428 e. The van der Waals surface area contributed by atoms with Crippen molar-refractivity contribution < 1.29 is 9.15 Å². The third kappa shape index (κ3) is 1.52. The van der Waals surface area contributed by atoms with Crippen molar-refractivity contribution in [3.63, 3.8) is 0 Å². The molecule has 0 radical (unpaired) electrons. The molecular weight excluding hydrogens is 168 g/mol. The first-order valence-corrected chi connectivity index (χ1v) is 4.48. The molecule has 2 rings (SSSR count). The van der Waals surface area contributed by atoms with Crippen molar-refractivity contribution >= 4 is 0 Å². The molecule has 1 fully saturated rings. The van der Waals surface area contributed by atoms with Crippen LogP contribution < -0.4 is 5.63 Å². The van der Waals surface area contributed by atoms with Crippen LogP contribution in [0.2, 0.25) is 0 Å². The maximum absolute atomic E-state index is 10.8. The summed E-state index contributed by atoms with van der Waals surface area (Å²) in [6.07, 6.45) is 1.46. The highest BCUT2D eigenvalue weighted by Crippen LogP contribution is 2.41. The summed E-state index contributed by atoms with van der Waals surface area (Å²) in [5.41, 5.74) is 0.710. The molecule has 0 aromatic carbocycles. The molecular formula is C10H12O3. The van der Waals surface area contributed by atoms with E-state index in [4.69, 9.17) is 9.15 Å². The molecule has 0 aliphatic carbocycles. The van der Waals surface area contributed by atoms with Gasteiger partial charge in [-0.25, -0.2) is 4.79 Å². The van der Waals surface area contributed by atoms with E-state index in [2.05, 4.69) is 6.92 Å². The quantitative estimate of drug-likeness (QED) is 0.652. The molecule has 0 N–H and O–H groups in total. The molecule has 0 bridgehead atoms. The van der Waals surface area contributed by atoms with Gasteiger partial charge in [0, 0.05) is 11.6 Å². The Kier molecular flexibility index (Phi) is 1.96. The summed E-state index contributed by atoms with van der Waals surface area (Å²) in [5.74, 6) is 0.674. The summed E-state index contributed by atoms with van der Waals surface area (Å²) in [4.78, 5) is 10.8. The Bertz CT molecular complexity index is 367. The van der Waals surface area contributed by atoms with Crippen LogP contribution in [-0.2, 0) is 4.74 Å². The van der Waals surface area contributed by atoms with Gasteiger partial charge in [-0.15, -0.1) is 0 Å². The molecule has 1 aromatic heterocycles. The fourth-order valence-electron chi connectivity index (χ4n) is 1.54. The predicted octanol–water partition coefficient (Wildman–Crippen LogP) is 1.80. The Balaban J connectivity index is 2.27. The minimum absolute atomic E-state index is 0.148. The zero-order valence-corrected chi connectivity index (χ0v) is 7.74. The first-order valence-electron chi connectivity index (χ1n) is 4.48. The first-order chi connectivity index (χ1) is 6.22. The molecule has 3 heteroatoms. The number of ether oxygens (including phenoxy) is 1. The van der Waals surface area contributed by atoms with Crippen LogP contribution in [0, 0.1) is 6.92 Å². The maximum atomic E-state index is 10.8. The molecule has 1 aliphatic rings. The molecule has 1 aromatic rings. The molecule has 13 heavy (non-hydrogen) atoms. The molecule has 3 nitrogen and oxygen atoms in total. The number of hydrogen-bond acceptors (Lipinski definition) is 3. The Hall–Kier alpha value is -1.09. The summed E-state index contributed by atoms with van der Waals surface area (Å²) < 4.78 is 10.4. The Morgan fingerprint density at radius 1 is 1.46 bits per heavy atom. The van der Waals surface area contributed by atoms with Gasteiger partial charge in [0.2, 0.25) is 0 Å². The minimum atomic E-state index is -0.296. The Morgan fingerprint density at radius 3 is 2.77 bits per heavy atom. The summed E-state index contributed by atoms with van der Waals surface area (Å²) >= 11 is 0. The van der Waals surface area contributed by atoms with Crippen LogP contribution >= 0.6 is 0 Å². The number of rotatable bonds is 2. The SMILES string of the molecule is CCC1OC1c1ccc(=O)oc1C. The van der Waals surface area contributed by atoms with Crippen molar-refractivity contribution in [1.29, 1.82) is 0 Å². The van der Waals surface area contributed by atoms with Crippen LogP contribution in [0.5, 0.6) is 0 Å². The van der Waals surface area contributed by atoms with E-state index >= 15 is 0 Å². The van der Waals surface area contributed by atoms with Gasteiger partial charge in [0.15, 0.2) is 0 Å². The van der Waals surface area contributed by atoms with Crippen LogP contribution in [0.15, 0.2) is 21.3 Å². The lowest BCUT2D eigenvalue weighted by Gasteiger charge is -1.98. The second-order valence-electron chi connectivity index (χ2n) is 3.27. The smallest absolute Gasteiger partial charge is 0.335 e. The monoisotopic (exact) mass is 180 g/mol. The molecule has 1 aliphatic heterocycles. The van der Waals surface area contributed by atoms with Crippen molar-refractivity contribution in [2.45, 2.75) is 32.5 Å². The van der Waals surface area contributed by atoms with Crippen molar-refractivity contribution in [2.75, 3.05) is 0 Å². The average molecular weight is 180 g/mol. The van der Waals surface area contributed by atoms with Crippen LogP contribution in [0.1, 0.15) is 30.8 Å². The highest BCUT2D eigenvalue weighted by atomic mass is 16.6. The molecule has 0 saturated carbocycles. The van der Waals surface area contributed by atoms with Gasteiger partial charge in [0.05, 0.1) is 6.10 Å². The van der Waals surface area contributed by atoms with E-state index in [1.807, 2.05) is 0 Å². The summed E-state index contributed by atoms with van der Waals surface area (Å²) in [7, 11) is 0. The van der Waals surface area contributed by atoms with Gasteiger partial charge >= 0.3 is 5.63 Å². The van der Waals surface area contributed by atoms with Crippen LogP contribution in [0.3, 0.4) is 0 Å². The molecule has 2 heterocycles. The van der Waals surface area contributed by atoms with E-state index in [1.54, 1.807) is 13.0 Å². The van der Waals surface area contributed by atoms with E-state index in [0.29, 0.717) is 11.9 Å². The second kappa shape index (κ2) is 3.00. The van der Waals surface area contributed by atoms with Crippen LogP contribution in [0.25, 0.3) is 0 Å². The number of epoxide rings is 1. The van der Waals surface area contributed by atoms with Gasteiger partial charge in [0.1, 0.15) is 11.9 Å². The van der Waals surface area contributed by atoms with Gasteiger partial charge in [-0.2, -0.15) is 0 Å². The van der Waals surface area contributed by atoms with Gasteiger partial charge in [0.25, 0.3) is 0 Å². The van der Waals surface area contributed by atoms with Crippen LogP contribution in [0.4, 0.5) is 0 Å². The highest BCUT2D eigenvalue weighted by molar-refractivity contribution is 5.23. The molecule has 70 valence electrons. The van der Waals surface area contributed by atoms with Gasteiger partial charge in [-0.3, -0.25) is 0 Å². The molecule has 0 amide bonds. The van der Waals surface area contributed by atoms with Gasteiger partial charge in [-0.05, 0) is 19.4 Å².